The first kappa shape index (κ1) is 21.1. The van der Waals surface area contributed by atoms with Crippen LogP contribution in [0, 0.1) is 0 Å². The Bertz CT molecular complexity index is 902. The first-order chi connectivity index (χ1) is 13.9. The van der Waals surface area contributed by atoms with Gasteiger partial charge in [-0.15, -0.1) is 0 Å². The Labute approximate surface area is 180 Å². The van der Waals surface area contributed by atoms with E-state index in [9.17, 15) is 9.59 Å². The summed E-state index contributed by atoms with van der Waals surface area (Å²) in [6.07, 6.45) is 0.713. The Hall–Kier alpha value is -2.64. The van der Waals surface area contributed by atoms with Crippen LogP contribution in [0.25, 0.3) is 0 Å². The van der Waals surface area contributed by atoms with Crippen LogP contribution in [0.3, 0.4) is 0 Å². The fourth-order valence-electron chi connectivity index (χ4n) is 3.19. The molecule has 152 valence electrons. The minimum absolute atomic E-state index is 0.0238. The monoisotopic (exact) mass is 431 g/mol. The molecular formula is C21H22ClN3O3S. The van der Waals surface area contributed by atoms with Crippen LogP contribution in [0.15, 0.2) is 48.5 Å². The van der Waals surface area contributed by atoms with E-state index in [2.05, 4.69) is 5.32 Å². The average molecular weight is 432 g/mol. The quantitative estimate of drug-likeness (QED) is 0.681. The summed E-state index contributed by atoms with van der Waals surface area (Å²) in [5.41, 5.74) is 1.73. The molecule has 0 bridgehead atoms. The zero-order valence-corrected chi connectivity index (χ0v) is 17.8. The third kappa shape index (κ3) is 5.05. The molecule has 1 fully saturated rings. The van der Waals surface area contributed by atoms with Gasteiger partial charge in [0, 0.05) is 24.3 Å². The Morgan fingerprint density at radius 2 is 1.83 bits per heavy atom. The van der Waals surface area contributed by atoms with Crippen molar-refractivity contribution in [3.8, 4) is 5.75 Å². The fourth-order valence-corrected chi connectivity index (χ4v) is 3.62. The van der Waals surface area contributed by atoms with Crippen molar-refractivity contribution in [2.24, 2.45) is 0 Å². The number of nitrogens with one attached hydrogen (secondary N) is 1. The van der Waals surface area contributed by atoms with Gasteiger partial charge in [0.25, 0.3) is 5.91 Å². The van der Waals surface area contributed by atoms with Crippen LogP contribution in [0.1, 0.15) is 12.0 Å². The number of rotatable bonds is 7. The summed E-state index contributed by atoms with van der Waals surface area (Å²) in [7, 11) is 3.22. The highest BCUT2D eigenvalue weighted by Gasteiger charge is 2.41. The predicted molar refractivity (Wildman–Crippen MR) is 117 cm³/mol. The second-order valence-electron chi connectivity index (χ2n) is 6.75. The summed E-state index contributed by atoms with van der Waals surface area (Å²) in [4.78, 5) is 28.4. The van der Waals surface area contributed by atoms with Crippen molar-refractivity contribution in [2.45, 2.75) is 18.9 Å². The lowest BCUT2D eigenvalue weighted by Gasteiger charge is -2.23. The summed E-state index contributed by atoms with van der Waals surface area (Å²) in [6.45, 7) is 0.539. The van der Waals surface area contributed by atoms with Crippen molar-refractivity contribution in [1.29, 1.82) is 0 Å². The van der Waals surface area contributed by atoms with E-state index in [0.29, 0.717) is 34.5 Å². The highest BCUT2D eigenvalue weighted by Crippen LogP contribution is 2.22. The number of benzene rings is 2. The van der Waals surface area contributed by atoms with Crippen LogP contribution < -0.4 is 10.1 Å². The van der Waals surface area contributed by atoms with Gasteiger partial charge in [0.05, 0.1) is 13.5 Å². The van der Waals surface area contributed by atoms with Gasteiger partial charge in [-0.25, -0.2) is 0 Å². The number of amides is 2. The molecule has 29 heavy (non-hydrogen) atoms. The molecule has 0 unspecified atom stereocenters. The van der Waals surface area contributed by atoms with E-state index in [0.717, 1.165) is 5.56 Å². The van der Waals surface area contributed by atoms with Crippen LogP contribution in [-0.2, 0) is 16.0 Å². The van der Waals surface area contributed by atoms with Crippen LogP contribution in [0.4, 0.5) is 5.69 Å². The Balaban J connectivity index is 1.65. The van der Waals surface area contributed by atoms with Gasteiger partial charge in [-0.05, 0) is 60.6 Å². The van der Waals surface area contributed by atoms with E-state index >= 15 is 0 Å². The van der Waals surface area contributed by atoms with Crippen molar-refractivity contribution < 1.29 is 14.3 Å². The molecule has 0 aliphatic carbocycles. The molecule has 0 radical (unpaired) electrons. The third-order valence-electron chi connectivity index (χ3n) is 4.83. The smallest absolute Gasteiger partial charge is 0.251 e. The van der Waals surface area contributed by atoms with Crippen molar-refractivity contribution in [2.75, 3.05) is 26.0 Å². The van der Waals surface area contributed by atoms with E-state index in [1.54, 1.807) is 38.4 Å². The van der Waals surface area contributed by atoms with Crippen LogP contribution >= 0.6 is 23.8 Å². The van der Waals surface area contributed by atoms with Gasteiger partial charge in [0.1, 0.15) is 11.8 Å². The highest BCUT2D eigenvalue weighted by molar-refractivity contribution is 7.80. The number of likely N-dealkylation sites (N-methyl/N-ethyl adjacent to an activating group) is 1. The number of anilines is 1. The molecule has 6 nitrogen and oxygen atoms in total. The average Bonchev–Trinajstić information content (AvgIpc) is 2.92. The first-order valence-corrected chi connectivity index (χ1v) is 9.94. The third-order valence-corrected chi connectivity index (χ3v) is 5.59. The SMILES string of the molecule is COc1ccc(NC(=O)C[C@H]2C(=O)N(C)C(=S)N2CCc2ccc(Cl)cc2)cc1. The molecular weight excluding hydrogens is 410 g/mol. The molecule has 2 aromatic carbocycles. The maximum atomic E-state index is 12.6. The number of hydrogen-bond acceptors (Lipinski definition) is 4. The molecule has 0 aromatic heterocycles. The number of ether oxygens (including phenoxy) is 1. The number of carbonyl (C=O) groups excluding carboxylic acids is 2. The molecule has 1 N–H and O–H groups in total. The molecule has 1 saturated heterocycles. The number of halogens is 1. The Kier molecular flexibility index (Phi) is 6.71. The lowest BCUT2D eigenvalue weighted by Crippen LogP contribution is -2.39. The number of hydrogen-bond donors (Lipinski definition) is 1. The van der Waals surface area contributed by atoms with E-state index in [1.165, 1.54) is 4.90 Å². The predicted octanol–water partition coefficient (Wildman–Crippen LogP) is 3.35. The molecule has 1 aliphatic rings. The second-order valence-corrected chi connectivity index (χ2v) is 7.55. The summed E-state index contributed by atoms with van der Waals surface area (Å²) in [6, 6.07) is 14.0. The number of carbonyl (C=O) groups is 2. The normalized spacial score (nSPS) is 16.3. The maximum absolute atomic E-state index is 12.6. The zero-order chi connectivity index (χ0) is 21.0. The van der Waals surface area contributed by atoms with Gasteiger partial charge >= 0.3 is 0 Å². The number of thiocarbonyl (C=S) groups is 1. The highest BCUT2D eigenvalue weighted by atomic mass is 35.5. The summed E-state index contributed by atoms with van der Waals surface area (Å²) < 4.78 is 5.11. The zero-order valence-electron chi connectivity index (χ0n) is 16.2. The van der Waals surface area contributed by atoms with E-state index in [1.807, 2.05) is 29.2 Å². The maximum Gasteiger partial charge on any atom is 0.251 e. The molecule has 2 aromatic rings. The van der Waals surface area contributed by atoms with E-state index in [4.69, 9.17) is 28.6 Å². The molecule has 1 atom stereocenters. The van der Waals surface area contributed by atoms with Crippen molar-refractivity contribution >= 4 is 46.4 Å². The Morgan fingerprint density at radius 3 is 2.45 bits per heavy atom. The lowest BCUT2D eigenvalue weighted by atomic mass is 10.1. The van der Waals surface area contributed by atoms with Crippen LogP contribution in [0.5, 0.6) is 5.75 Å². The molecule has 8 heteroatoms. The summed E-state index contributed by atoms with van der Waals surface area (Å²) in [5, 5.41) is 3.93. The molecule has 2 amide bonds. The standard InChI is InChI=1S/C21H22ClN3O3S/c1-24-20(27)18(13-19(26)23-16-7-9-17(28-2)10-8-16)25(21(24)29)12-11-14-3-5-15(22)6-4-14/h3-10,18H,11-13H2,1-2H3,(H,23,26)/t18-/m0/s1. The molecule has 0 saturated carbocycles. The minimum atomic E-state index is -0.613. The van der Waals surface area contributed by atoms with Gasteiger partial charge in [-0.1, -0.05) is 23.7 Å². The van der Waals surface area contributed by atoms with Crippen LogP contribution in [-0.4, -0.2) is 53.5 Å². The van der Waals surface area contributed by atoms with Crippen molar-refractivity contribution in [3.05, 3.63) is 59.1 Å². The molecule has 3 rings (SSSR count). The molecule has 1 heterocycles. The number of methoxy groups -OCH3 is 1. The largest absolute Gasteiger partial charge is 0.497 e. The first-order valence-electron chi connectivity index (χ1n) is 9.15. The molecule has 1 aliphatic heterocycles. The fraction of sp³-hybridized carbons (Fsp3) is 0.286. The van der Waals surface area contributed by atoms with Gasteiger partial charge in [-0.2, -0.15) is 0 Å². The Morgan fingerprint density at radius 1 is 1.17 bits per heavy atom. The van der Waals surface area contributed by atoms with Crippen LogP contribution in [0.2, 0.25) is 5.02 Å². The van der Waals surface area contributed by atoms with Gasteiger partial charge in [-0.3, -0.25) is 14.5 Å². The second kappa shape index (κ2) is 9.24. The van der Waals surface area contributed by atoms with E-state index in [-0.39, 0.29) is 18.2 Å². The summed E-state index contributed by atoms with van der Waals surface area (Å²) >= 11 is 11.4. The van der Waals surface area contributed by atoms with Crippen molar-refractivity contribution in [1.82, 2.24) is 9.80 Å². The topological polar surface area (TPSA) is 61.9 Å². The van der Waals surface area contributed by atoms with E-state index < -0.39 is 6.04 Å². The molecule has 0 spiro atoms. The summed E-state index contributed by atoms with van der Waals surface area (Å²) in [5.74, 6) is 0.286. The van der Waals surface area contributed by atoms with Crippen molar-refractivity contribution in [3.63, 3.8) is 0 Å². The minimum Gasteiger partial charge on any atom is -0.497 e. The number of nitrogens with zero attached hydrogens (tertiary/aromatic N) is 2. The van der Waals surface area contributed by atoms with Gasteiger partial charge in [0.15, 0.2) is 5.11 Å². The van der Waals surface area contributed by atoms with Gasteiger partial charge in [0.2, 0.25) is 5.91 Å². The lowest BCUT2D eigenvalue weighted by molar-refractivity contribution is -0.130. The van der Waals surface area contributed by atoms with Gasteiger partial charge < -0.3 is 15.0 Å².